The molecule has 36 heavy (non-hydrogen) atoms. The number of ketones is 2. The first-order valence-corrected chi connectivity index (χ1v) is 12.5. The second kappa shape index (κ2) is 11.9. The first kappa shape index (κ1) is 25.5. The number of hydrogen-bond acceptors (Lipinski definition) is 6. The molecular weight excluding hydrogens is 588 g/mol. The van der Waals surface area contributed by atoms with Crippen molar-refractivity contribution in [3.05, 3.63) is 123 Å². The first-order valence-electron chi connectivity index (χ1n) is 10.9. The van der Waals surface area contributed by atoms with E-state index in [-0.39, 0.29) is 23.4 Å². The van der Waals surface area contributed by atoms with E-state index >= 15 is 0 Å². The summed E-state index contributed by atoms with van der Waals surface area (Å²) in [6, 6.07) is 21.3. The van der Waals surface area contributed by atoms with Crippen LogP contribution in [0.1, 0.15) is 44.6 Å². The van der Waals surface area contributed by atoms with E-state index in [9.17, 15) is 14.7 Å². The Kier molecular flexibility index (Phi) is 8.40. The van der Waals surface area contributed by atoms with Crippen LogP contribution in [-0.4, -0.2) is 26.6 Å². The molecule has 0 aliphatic carbocycles. The van der Waals surface area contributed by atoms with Crippen LogP contribution >= 0.6 is 31.9 Å². The lowest BCUT2D eigenvalue weighted by Gasteiger charge is -2.24. The van der Waals surface area contributed by atoms with Crippen LogP contribution in [0, 0.1) is 0 Å². The van der Waals surface area contributed by atoms with E-state index in [1.807, 2.05) is 30.3 Å². The lowest BCUT2D eigenvalue weighted by atomic mass is 9.99. The summed E-state index contributed by atoms with van der Waals surface area (Å²) in [7, 11) is 0. The maximum absolute atomic E-state index is 12.1. The van der Waals surface area contributed by atoms with Crippen molar-refractivity contribution in [2.24, 2.45) is 0 Å². The van der Waals surface area contributed by atoms with Crippen molar-refractivity contribution in [3.8, 4) is 11.5 Å². The van der Waals surface area contributed by atoms with E-state index in [0.717, 1.165) is 14.6 Å². The van der Waals surface area contributed by atoms with E-state index in [4.69, 9.17) is 4.74 Å². The third-order valence-corrected chi connectivity index (χ3v) is 6.21. The molecule has 0 amide bonds. The van der Waals surface area contributed by atoms with E-state index in [2.05, 4.69) is 41.8 Å². The molecule has 1 atom stereocenters. The Hall–Kier alpha value is -3.62. The lowest BCUT2D eigenvalue weighted by Crippen LogP contribution is -2.21. The summed E-state index contributed by atoms with van der Waals surface area (Å²) in [5, 5.41) is 9.62. The molecule has 3 heterocycles. The van der Waals surface area contributed by atoms with Gasteiger partial charge in [-0.1, -0.05) is 44.0 Å². The zero-order valence-electron chi connectivity index (χ0n) is 18.8. The number of pyridine rings is 2. The van der Waals surface area contributed by atoms with Crippen LogP contribution in [-0.2, 0) is 0 Å². The number of phenolic OH excluding ortho intramolecular Hbond substituents is 1. The highest BCUT2D eigenvalue weighted by atomic mass is 79.9. The van der Waals surface area contributed by atoms with Gasteiger partial charge in [0.25, 0.3) is 0 Å². The molecular formula is C28H20Br2N2O4. The van der Waals surface area contributed by atoms with Gasteiger partial charge in [-0.3, -0.25) is 19.6 Å². The molecule has 2 aromatic carbocycles. The van der Waals surface area contributed by atoms with Crippen molar-refractivity contribution in [3.63, 3.8) is 0 Å². The van der Waals surface area contributed by atoms with Gasteiger partial charge in [-0.05, 0) is 72.8 Å². The predicted molar refractivity (Wildman–Crippen MR) is 144 cm³/mol. The average molecular weight is 608 g/mol. The van der Waals surface area contributed by atoms with Crippen molar-refractivity contribution in [2.45, 2.75) is 12.5 Å². The van der Waals surface area contributed by atoms with Gasteiger partial charge in [0.05, 0.1) is 17.7 Å². The highest BCUT2D eigenvalue weighted by molar-refractivity contribution is 9.10. The van der Waals surface area contributed by atoms with Gasteiger partial charge in [0.1, 0.15) is 23.3 Å². The molecule has 1 aliphatic rings. The Morgan fingerprint density at radius 2 is 1.67 bits per heavy atom. The molecule has 1 aliphatic heterocycles. The summed E-state index contributed by atoms with van der Waals surface area (Å²) in [4.78, 5) is 32.1. The van der Waals surface area contributed by atoms with E-state index in [0.29, 0.717) is 29.0 Å². The third-order valence-electron chi connectivity index (χ3n) is 5.22. The number of aromatic hydroxyl groups is 1. The number of allylic oxidation sites excluding steroid dienone is 1. The molecule has 4 aromatic rings. The number of ether oxygens (including phenoxy) is 1. The SMILES string of the molecule is O=C(C=Cc1cc(Br)ccc1O)c1ccccn1.O=C1CC(c2ccccn2)Oc2ccc(Br)cc21. The number of carbonyl (C=O) groups is 2. The number of nitrogens with zero attached hydrogens (tertiary/aromatic N) is 2. The number of aromatic nitrogens is 2. The molecule has 5 rings (SSSR count). The summed E-state index contributed by atoms with van der Waals surface area (Å²) in [5.41, 5.74) is 2.38. The van der Waals surface area contributed by atoms with E-state index in [1.54, 1.807) is 60.9 Å². The standard InChI is InChI=1S/2C14H10BrNO2/c15-9-4-5-13-10(7-9)12(17)8-14(18-13)11-3-1-2-6-16-11;15-11-5-7-13(17)10(9-11)4-6-14(18)12-3-1-2-8-16-12/h1-7,14H,8H2;1-9,17H. The van der Waals surface area contributed by atoms with Gasteiger partial charge >= 0.3 is 0 Å². The zero-order valence-corrected chi connectivity index (χ0v) is 22.0. The second-order valence-corrected chi connectivity index (χ2v) is 9.58. The van der Waals surface area contributed by atoms with Crippen molar-refractivity contribution < 1.29 is 19.4 Å². The predicted octanol–water partition coefficient (Wildman–Crippen LogP) is 7.00. The second-order valence-electron chi connectivity index (χ2n) is 7.74. The zero-order chi connectivity index (χ0) is 25.5. The van der Waals surface area contributed by atoms with Crippen molar-refractivity contribution in [1.82, 2.24) is 9.97 Å². The molecule has 0 bridgehead atoms. The molecule has 1 unspecified atom stereocenters. The Balaban J connectivity index is 0.000000169. The number of phenols is 1. The Morgan fingerprint density at radius 1 is 0.944 bits per heavy atom. The molecule has 0 fully saturated rings. The lowest BCUT2D eigenvalue weighted by molar-refractivity contribution is 0.0844. The molecule has 0 saturated heterocycles. The van der Waals surface area contributed by atoms with Gasteiger partial charge < -0.3 is 9.84 Å². The fourth-order valence-corrected chi connectivity index (χ4v) is 4.19. The highest BCUT2D eigenvalue weighted by Crippen LogP contribution is 2.35. The van der Waals surface area contributed by atoms with Crippen LogP contribution in [0.2, 0.25) is 0 Å². The van der Waals surface area contributed by atoms with Crippen LogP contribution in [0.5, 0.6) is 11.5 Å². The number of rotatable bonds is 4. The van der Waals surface area contributed by atoms with Crippen LogP contribution in [0.25, 0.3) is 6.08 Å². The molecule has 6 nitrogen and oxygen atoms in total. The third kappa shape index (κ3) is 6.53. The number of hydrogen-bond donors (Lipinski definition) is 1. The Morgan fingerprint density at radius 3 is 2.39 bits per heavy atom. The van der Waals surface area contributed by atoms with Gasteiger partial charge in [-0.25, -0.2) is 0 Å². The smallest absolute Gasteiger partial charge is 0.204 e. The van der Waals surface area contributed by atoms with Crippen LogP contribution < -0.4 is 4.74 Å². The maximum atomic E-state index is 12.1. The van der Waals surface area contributed by atoms with Crippen LogP contribution in [0.4, 0.5) is 0 Å². The summed E-state index contributed by atoms with van der Waals surface area (Å²) < 4.78 is 7.56. The molecule has 0 saturated carbocycles. The maximum Gasteiger partial charge on any atom is 0.204 e. The van der Waals surface area contributed by atoms with Crippen molar-refractivity contribution in [2.75, 3.05) is 0 Å². The normalized spacial score (nSPS) is 14.4. The number of benzene rings is 2. The van der Waals surface area contributed by atoms with Gasteiger partial charge in [-0.15, -0.1) is 0 Å². The highest BCUT2D eigenvalue weighted by Gasteiger charge is 2.28. The quantitative estimate of drug-likeness (QED) is 0.198. The first-order chi connectivity index (χ1) is 17.4. The van der Waals surface area contributed by atoms with Gasteiger partial charge in [0, 0.05) is 26.9 Å². The van der Waals surface area contributed by atoms with Crippen molar-refractivity contribution >= 4 is 49.5 Å². The van der Waals surface area contributed by atoms with Gasteiger partial charge in [0.2, 0.25) is 5.78 Å². The molecule has 0 spiro atoms. The van der Waals surface area contributed by atoms with Crippen molar-refractivity contribution in [1.29, 1.82) is 0 Å². The Bertz CT molecular complexity index is 1410. The molecule has 8 heteroatoms. The molecule has 1 N–H and O–H groups in total. The fraction of sp³-hybridized carbons (Fsp3) is 0.0714. The Labute approximate surface area is 225 Å². The number of halogens is 2. The van der Waals surface area contributed by atoms with E-state index in [1.165, 1.54) is 6.08 Å². The van der Waals surface area contributed by atoms with Crippen LogP contribution in [0.3, 0.4) is 0 Å². The average Bonchev–Trinajstić information content (AvgIpc) is 2.90. The number of carbonyl (C=O) groups excluding carboxylic acids is 2. The molecule has 180 valence electrons. The fourth-order valence-electron chi connectivity index (χ4n) is 3.45. The summed E-state index contributed by atoms with van der Waals surface area (Å²) in [6.07, 6.45) is 6.28. The summed E-state index contributed by atoms with van der Waals surface area (Å²) in [6.45, 7) is 0. The number of fused-ring (bicyclic) bond motifs is 1. The summed E-state index contributed by atoms with van der Waals surface area (Å²) >= 11 is 6.66. The largest absolute Gasteiger partial charge is 0.507 e. The topological polar surface area (TPSA) is 89.4 Å². The minimum atomic E-state index is -0.285. The summed E-state index contributed by atoms with van der Waals surface area (Å²) in [5.74, 6) is 0.650. The minimum absolute atomic E-state index is 0.0909. The molecule has 2 aromatic heterocycles. The van der Waals surface area contributed by atoms with Crippen LogP contribution in [0.15, 0.2) is 100 Å². The minimum Gasteiger partial charge on any atom is -0.507 e. The van der Waals surface area contributed by atoms with Gasteiger partial charge in [-0.2, -0.15) is 0 Å². The van der Waals surface area contributed by atoms with E-state index < -0.39 is 0 Å². The number of Topliss-reactive ketones (excluding diaryl/α,β-unsaturated/α-hetero) is 1. The molecule has 0 radical (unpaired) electrons. The van der Waals surface area contributed by atoms with Gasteiger partial charge in [0.15, 0.2) is 5.78 Å². The monoisotopic (exact) mass is 606 g/mol.